The number of hydrogen-bond donors (Lipinski definition) is 1. The second kappa shape index (κ2) is 6.63. The summed E-state index contributed by atoms with van der Waals surface area (Å²) in [5.74, 6) is -0.132. The van der Waals surface area contributed by atoms with E-state index >= 15 is 0 Å². The van der Waals surface area contributed by atoms with E-state index in [4.69, 9.17) is 10.5 Å². The van der Waals surface area contributed by atoms with Gasteiger partial charge in [-0.05, 0) is 37.1 Å². The minimum atomic E-state index is -0.132. The number of pyridine rings is 1. The summed E-state index contributed by atoms with van der Waals surface area (Å²) in [6.07, 6.45) is 4.86. The molecule has 2 N–H and O–H groups in total. The molecule has 5 nitrogen and oxygen atoms in total. The number of carbonyl (C=O) groups excluding carboxylic acids is 1. The van der Waals surface area contributed by atoms with Crippen LogP contribution in [0.25, 0.3) is 0 Å². The highest BCUT2D eigenvalue weighted by Crippen LogP contribution is 2.20. The van der Waals surface area contributed by atoms with Crippen LogP contribution in [0.15, 0.2) is 18.3 Å². The second-order valence-corrected chi connectivity index (χ2v) is 4.86. The fourth-order valence-electron chi connectivity index (χ4n) is 2.56. The molecule has 104 valence electrons. The minimum absolute atomic E-state index is 0.117. The Bertz CT molecular complexity index is 436. The maximum atomic E-state index is 11.8. The van der Waals surface area contributed by atoms with Crippen LogP contribution in [0.5, 0.6) is 0 Å². The van der Waals surface area contributed by atoms with Crippen LogP contribution in [0.3, 0.4) is 0 Å². The number of aromatic nitrogens is 1. The summed E-state index contributed by atoms with van der Waals surface area (Å²) in [5, 5.41) is 0. The van der Waals surface area contributed by atoms with Gasteiger partial charge in [0, 0.05) is 19.3 Å². The number of methoxy groups -OCH3 is 1. The first-order valence-electron chi connectivity index (χ1n) is 6.70. The molecule has 1 fully saturated rings. The molecule has 1 aliphatic rings. The first kappa shape index (κ1) is 14.0. The molecule has 0 bridgehead atoms. The van der Waals surface area contributed by atoms with Crippen molar-refractivity contribution in [2.45, 2.75) is 38.4 Å². The predicted molar refractivity (Wildman–Crippen MR) is 72.2 cm³/mol. The number of nitrogens with two attached hydrogens (primary N) is 1. The van der Waals surface area contributed by atoms with Crippen molar-refractivity contribution in [3.63, 3.8) is 0 Å². The summed E-state index contributed by atoms with van der Waals surface area (Å²) in [5.41, 5.74) is 7.62. The normalized spacial score (nSPS) is 20.2. The molecule has 5 heteroatoms. The zero-order chi connectivity index (χ0) is 13.7. The number of esters is 1. The van der Waals surface area contributed by atoms with Crippen LogP contribution in [0, 0.1) is 0 Å². The Morgan fingerprint density at radius 2 is 2.42 bits per heavy atom. The van der Waals surface area contributed by atoms with Gasteiger partial charge in [-0.15, -0.1) is 0 Å². The van der Waals surface area contributed by atoms with Crippen molar-refractivity contribution >= 4 is 5.97 Å². The summed E-state index contributed by atoms with van der Waals surface area (Å²) >= 11 is 0. The Morgan fingerprint density at radius 1 is 1.58 bits per heavy atom. The Morgan fingerprint density at radius 3 is 3.16 bits per heavy atom. The smallest absolute Gasteiger partial charge is 0.323 e. The average Bonchev–Trinajstić information content (AvgIpc) is 2.47. The largest absolute Gasteiger partial charge is 0.468 e. The van der Waals surface area contributed by atoms with Crippen LogP contribution in [0.1, 0.15) is 30.5 Å². The van der Waals surface area contributed by atoms with E-state index in [1.54, 1.807) is 6.20 Å². The average molecular weight is 263 g/mol. The lowest BCUT2D eigenvalue weighted by atomic mass is 10.0. The van der Waals surface area contributed by atoms with Crippen LogP contribution in [-0.2, 0) is 22.6 Å². The molecule has 1 atom stereocenters. The highest BCUT2D eigenvalue weighted by Gasteiger charge is 2.29. The van der Waals surface area contributed by atoms with Gasteiger partial charge in [0.1, 0.15) is 6.04 Å². The van der Waals surface area contributed by atoms with Crippen molar-refractivity contribution in [3.8, 4) is 0 Å². The molecule has 0 aromatic carbocycles. The van der Waals surface area contributed by atoms with Gasteiger partial charge >= 0.3 is 5.97 Å². The number of rotatable bonds is 4. The quantitative estimate of drug-likeness (QED) is 0.823. The van der Waals surface area contributed by atoms with Crippen molar-refractivity contribution in [2.75, 3.05) is 13.7 Å². The monoisotopic (exact) mass is 263 g/mol. The van der Waals surface area contributed by atoms with E-state index in [-0.39, 0.29) is 12.0 Å². The number of nitrogens with zero attached hydrogens (tertiary/aromatic N) is 2. The van der Waals surface area contributed by atoms with E-state index < -0.39 is 0 Å². The summed E-state index contributed by atoms with van der Waals surface area (Å²) in [6.45, 7) is 2.11. The molecule has 1 saturated heterocycles. The van der Waals surface area contributed by atoms with Crippen LogP contribution < -0.4 is 5.73 Å². The molecular formula is C14H21N3O2. The fraction of sp³-hybridized carbons (Fsp3) is 0.571. The van der Waals surface area contributed by atoms with Crippen LogP contribution in [0.2, 0.25) is 0 Å². The molecule has 0 aliphatic carbocycles. The van der Waals surface area contributed by atoms with Crippen LogP contribution in [-0.4, -0.2) is 35.5 Å². The number of carbonyl (C=O) groups is 1. The van der Waals surface area contributed by atoms with E-state index in [1.165, 1.54) is 7.11 Å². The van der Waals surface area contributed by atoms with Gasteiger partial charge in [0.15, 0.2) is 0 Å². The minimum Gasteiger partial charge on any atom is -0.468 e. The first-order chi connectivity index (χ1) is 9.24. The lowest BCUT2D eigenvalue weighted by Gasteiger charge is -2.33. The van der Waals surface area contributed by atoms with Crippen molar-refractivity contribution in [1.29, 1.82) is 0 Å². The Hall–Kier alpha value is -1.46. The van der Waals surface area contributed by atoms with Gasteiger partial charge in [-0.25, -0.2) is 0 Å². The Labute approximate surface area is 113 Å². The predicted octanol–water partition coefficient (Wildman–Crippen LogP) is 1.07. The molecule has 1 aromatic heterocycles. The third-order valence-electron chi connectivity index (χ3n) is 3.56. The Balaban J connectivity index is 2.08. The fourth-order valence-corrected chi connectivity index (χ4v) is 2.56. The van der Waals surface area contributed by atoms with Crippen molar-refractivity contribution < 1.29 is 9.53 Å². The zero-order valence-electron chi connectivity index (χ0n) is 11.3. The standard InChI is InChI=1S/C14H21N3O2/c1-19-14(18)13-4-2-3-7-17(13)10-11-5-6-16-12(8-11)9-15/h5-6,8,13H,2-4,7,9-10,15H2,1H3. The molecule has 0 saturated carbocycles. The number of hydrogen-bond acceptors (Lipinski definition) is 5. The third kappa shape index (κ3) is 3.52. The van der Waals surface area contributed by atoms with Crippen LogP contribution >= 0.6 is 0 Å². The summed E-state index contributed by atoms with van der Waals surface area (Å²) in [7, 11) is 1.45. The summed E-state index contributed by atoms with van der Waals surface area (Å²) in [6, 6.07) is 3.86. The Kier molecular flexibility index (Phi) is 4.87. The van der Waals surface area contributed by atoms with E-state index in [2.05, 4.69) is 9.88 Å². The molecule has 1 aliphatic heterocycles. The molecule has 19 heavy (non-hydrogen) atoms. The van der Waals surface area contributed by atoms with Gasteiger partial charge in [0.25, 0.3) is 0 Å². The summed E-state index contributed by atoms with van der Waals surface area (Å²) in [4.78, 5) is 18.2. The van der Waals surface area contributed by atoms with Gasteiger partial charge in [0.2, 0.25) is 0 Å². The van der Waals surface area contributed by atoms with Gasteiger partial charge in [0.05, 0.1) is 12.8 Å². The molecule has 0 radical (unpaired) electrons. The molecule has 2 heterocycles. The van der Waals surface area contributed by atoms with Crippen molar-refractivity contribution in [1.82, 2.24) is 9.88 Å². The molecule has 1 unspecified atom stereocenters. The number of ether oxygens (including phenoxy) is 1. The first-order valence-corrected chi connectivity index (χ1v) is 6.70. The highest BCUT2D eigenvalue weighted by atomic mass is 16.5. The van der Waals surface area contributed by atoms with Gasteiger partial charge in [-0.3, -0.25) is 14.7 Å². The zero-order valence-corrected chi connectivity index (χ0v) is 11.3. The van der Waals surface area contributed by atoms with E-state index in [0.29, 0.717) is 6.54 Å². The molecule has 0 amide bonds. The number of likely N-dealkylation sites (tertiary alicyclic amines) is 1. The third-order valence-corrected chi connectivity index (χ3v) is 3.56. The van der Waals surface area contributed by atoms with Crippen molar-refractivity contribution in [3.05, 3.63) is 29.6 Å². The molecule has 0 spiro atoms. The number of piperidine rings is 1. The van der Waals surface area contributed by atoms with Gasteiger partial charge in [-0.1, -0.05) is 6.42 Å². The van der Waals surface area contributed by atoms with Crippen LogP contribution in [0.4, 0.5) is 0 Å². The summed E-state index contributed by atoms with van der Waals surface area (Å²) < 4.78 is 4.89. The molecule has 1 aromatic rings. The van der Waals surface area contributed by atoms with E-state index in [0.717, 1.165) is 43.6 Å². The SMILES string of the molecule is COC(=O)C1CCCCN1Cc1ccnc(CN)c1. The maximum Gasteiger partial charge on any atom is 0.323 e. The maximum absolute atomic E-state index is 11.8. The van der Waals surface area contributed by atoms with E-state index in [9.17, 15) is 4.79 Å². The topological polar surface area (TPSA) is 68.5 Å². The van der Waals surface area contributed by atoms with E-state index in [1.807, 2.05) is 12.1 Å². The lowest BCUT2D eigenvalue weighted by Crippen LogP contribution is -2.44. The van der Waals surface area contributed by atoms with Gasteiger partial charge < -0.3 is 10.5 Å². The molecular weight excluding hydrogens is 242 g/mol. The second-order valence-electron chi connectivity index (χ2n) is 4.86. The highest BCUT2D eigenvalue weighted by molar-refractivity contribution is 5.75. The van der Waals surface area contributed by atoms with Gasteiger partial charge in [-0.2, -0.15) is 0 Å². The lowest BCUT2D eigenvalue weighted by molar-refractivity contribution is -0.148. The molecule has 2 rings (SSSR count). The van der Waals surface area contributed by atoms with Crippen molar-refractivity contribution in [2.24, 2.45) is 5.73 Å².